The minimum Gasteiger partial charge on any atom is -0.493 e. The molecule has 0 aliphatic heterocycles. The molecule has 0 fully saturated rings. The number of aromatic nitrogens is 1. The highest BCUT2D eigenvalue weighted by Gasteiger charge is 2.29. The number of hydrogen-bond donors (Lipinski definition) is 2. The fourth-order valence-electron chi connectivity index (χ4n) is 6.61. The third-order valence-corrected chi connectivity index (χ3v) is 9.45. The maximum atomic E-state index is 12.6. The Morgan fingerprint density at radius 1 is 0.961 bits per heavy atom. The van der Waals surface area contributed by atoms with E-state index in [4.69, 9.17) is 30.5 Å². The molecule has 2 atom stereocenters. The maximum Gasteiger partial charge on any atom is 0.220 e. The molecule has 274 valence electrons. The quantitative estimate of drug-likeness (QED) is 0.144. The van der Waals surface area contributed by atoms with Crippen LogP contribution in [0.3, 0.4) is 0 Å². The van der Waals surface area contributed by atoms with Crippen LogP contribution in [0.1, 0.15) is 64.1 Å². The zero-order valence-electron chi connectivity index (χ0n) is 31.0. The van der Waals surface area contributed by atoms with Crippen molar-refractivity contribution in [2.45, 2.75) is 65.5 Å². The van der Waals surface area contributed by atoms with Gasteiger partial charge in [-0.05, 0) is 111 Å². The Hall–Kier alpha value is -4.54. The molecular weight excluding hydrogens is 668 g/mol. The number of amides is 1. The van der Waals surface area contributed by atoms with Crippen LogP contribution in [0.25, 0.3) is 22.0 Å². The summed E-state index contributed by atoms with van der Waals surface area (Å²) in [6.45, 7) is 11.6. The number of halogens is 1. The predicted octanol–water partition coefficient (Wildman–Crippen LogP) is 7.68. The summed E-state index contributed by atoms with van der Waals surface area (Å²) in [6, 6.07) is 14.9. The number of carbonyl (C=O) groups is 1. The molecule has 3 aromatic carbocycles. The van der Waals surface area contributed by atoms with Crippen LogP contribution >= 0.6 is 11.6 Å². The Balaban J connectivity index is 0.000000238. The average Bonchev–Trinajstić information content (AvgIpc) is 3.37. The first kappa shape index (κ1) is 39.2. The molecule has 1 aromatic heterocycles. The van der Waals surface area contributed by atoms with Crippen LogP contribution in [-0.4, -0.2) is 69.9 Å². The SMILES string of the molecule is CCN(CC)CCCC(C)Nc1ccnc2cc(Cl)ccc12.COc1cc2c(c(OC)c1OC)-c1ccc(OC)c(=O)cc1[C@@H](NC(C)=O)CC2. The number of carbonyl (C=O) groups excluding carboxylic acids is 1. The van der Waals surface area contributed by atoms with E-state index in [0.29, 0.717) is 41.7 Å². The summed E-state index contributed by atoms with van der Waals surface area (Å²) < 4.78 is 22.0. The predicted molar refractivity (Wildman–Crippen MR) is 206 cm³/mol. The van der Waals surface area contributed by atoms with E-state index >= 15 is 0 Å². The normalized spacial score (nSPS) is 13.9. The summed E-state index contributed by atoms with van der Waals surface area (Å²) >= 11 is 6.04. The Morgan fingerprint density at radius 3 is 2.33 bits per heavy atom. The van der Waals surface area contributed by atoms with Crippen molar-refractivity contribution in [3.05, 3.63) is 81.1 Å². The van der Waals surface area contributed by atoms with Crippen molar-refractivity contribution < 1.29 is 23.7 Å². The van der Waals surface area contributed by atoms with Gasteiger partial charge in [-0.2, -0.15) is 0 Å². The van der Waals surface area contributed by atoms with Crippen LogP contribution in [0.15, 0.2) is 59.5 Å². The van der Waals surface area contributed by atoms with Crippen molar-refractivity contribution in [3.63, 3.8) is 0 Å². The Kier molecular flexibility index (Phi) is 14.3. The number of anilines is 1. The van der Waals surface area contributed by atoms with E-state index < -0.39 is 0 Å². The van der Waals surface area contributed by atoms with Gasteiger partial charge in [0, 0.05) is 40.8 Å². The third kappa shape index (κ3) is 9.62. The van der Waals surface area contributed by atoms with E-state index in [9.17, 15) is 9.59 Å². The number of nitrogens with zero attached hydrogens (tertiary/aromatic N) is 2. The lowest BCUT2D eigenvalue weighted by molar-refractivity contribution is -0.119. The summed E-state index contributed by atoms with van der Waals surface area (Å²) in [7, 11) is 6.14. The Bertz CT molecular complexity index is 1870. The molecule has 10 nitrogen and oxygen atoms in total. The second-order valence-electron chi connectivity index (χ2n) is 12.5. The van der Waals surface area contributed by atoms with Crippen LogP contribution in [-0.2, 0) is 11.2 Å². The molecule has 0 saturated heterocycles. The zero-order chi connectivity index (χ0) is 37.1. The second-order valence-corrected chi connectivity index (χ2v) is 12.9. The van der Waals surface area contributed by atoms with Gasteiger partial charge in [0.15, 0.2) is 17.2 Å². The molecule has 51 heavy (non-hydrogen) atoms. The minimum absolute atomic E-state index is 0.167. The van der Waals surface area contributed by atoms with Crippen LogP contribution in [0, 0.1) is 0 Å². The highest BCUT2D eigenvalue weighted by atomic mass is 35.5. The molecule has 1 unspecified atom stereocenters. The van der Waals surface area contributed by atoms with Gasteiger partial charge in [-0.1, -0.05) is 31.5 Å². The van der Waals surface area contributed by atoms with Crippen molar-refractivity contribution in [3.8, 4) is 34.1 Å². The van der Waals surface area contributed by atoms with Crippen molar-refractivity contribution in [1.29, 1.82) is 0 Å². The Morgan fingerprint density at radius 2 is 1.69 bits per heavy atom. The van der Waals surface area contributed by atoms with Crippen LogP contribution in [0.5, 0.6) is 23.0 Å². The number of aryl methyl sites for hydroxylation is 1. The van der Waals surface area contributed by atoms with Gasteiger partial charge < -0.3 is 34.5 Å². The molecular formula is C40H51ClN4O6. The molecule has 0 saturated carbocycles. The fourth-order valence-corrected chi connectivity index (χ4v) is 6.77. The number of ether oxygens (including phenoxy) is 4. The highest BCUT2D eigenvalue weighted by Crippen LogP contribution is 2.50. The van der Waals surface area contributed by atoms with Crippen LogP contribution in [0.4, 0.5) is 5.69 Å². The van der Waals surface area contributed by atoms with Gasteiger partial charge in [0.25, 0.3) is 0 Å². The second kappa shape index (κ2) is 18.6. The molecule has 0 radical (unpaired) electrons. The fraction of sp³-hybridized carbons (Fsp3) is 0.425. The van der Waals surface area contributed by atoms with E-state index in [1.54, 1.807) is 27.4 Å². The van der Waals surface area contributed by atoms with Gasteiger partial charge in [-0.15, -0.1) is 0 Å². The first-order chi connectivity index (χ1) is 24.6. The molecule has 1 heterocycles. The lowest BCUT2D eigenvalue weighted by Crippen LogP contribution is -2.26. The summed E-state index contributed by atoms with van der Waals surface area (Å²) in [6.07, 6.45) is 5.48. The summed E-state index contributed by atoms with van der Waals surface area (Å²) in [5.74, 6) is 1.60. The summed E-state index contributed by atoms with van der Waals surface area (Å²) in [4.78, 5) is 31.3. The van der Waals surface area contributed by atoms with Gasteiger partial charge in [-0.3, -0.25) is 14.6 Å². The number of benzene rings is 2. The lowest BCUT2D eigenvalue weighted by Gasteiger charge is -2.20. The van der Waals surface area contributed by atoms with Crippen molar-refractivity contribution in [2.24, 2.45) is 0 Å². The first-order valence-electron chi connectivity index (χ1n) is 17.4. The Labute approximate surface area is 306 Å². The largest absolute Gasteiger partial charge is 0.493 e. The van der Waals surface area contributed by atoms with Gasteiger partial charge >= 0.3 is 0 Å². The molecule has 1 aliphatic carbocycles. The number of fused-ring (bicyclic) bond motifs is 4. The van der Waals surface area contributed by atoms with Crippen LogP contribution < -0.4 is 35.0 Å². The third-order valence-electron chi connectivity index (χ3n) is 9.21. The topological polar surface area (TPSA) is 111 Å². The smallest absolute Gasteiger partial charge is 0.220 e. The zero-order valence-corrected chi connectivity index (χ0v) is 31.8. The van der Waals surface area contributed by atoms with Gasteiger partial charge in [0.1, 0.15) is 0 Å². The highest BCUT2D eigenvalue weighted by molar-refractivity contribution is 6.31. The molecule has 4 aromatic rings. The van der Waals surface area contributed by atoms with Crippen molar-refractivity contribution in [1.82, 2.24) is 15.2 Å². The maximum absolute atomic E-state index is 12.6. The number of rotatable bonds is 13. The first-order valence-corrected chi connectivity index (χ1v) is 17.8. The van der Waals surface area contributed by atoms with Gasteiger partial charge in [-0.25, -0.2) is 0 Å². The van der Waals surface area contributed by atoms with E-state index in [0.717, 1.165) is 57.8 Å². The molecule has 1 aliphatic rings. The molecule has 1 amide bonds. The molecule has 5 rings (SSSR count). The number of pyridine rings is 1. The molecule has 0 spiro atoms. The van der Waals surface area contributed by atoms with Crippen LogP contribution in [0.2, 0.25) is 5.02 Å². The average molecular weight is 719 g/mol. The van der Waals surface area contributed by atoms with Gasteiger partial charge in [0.05, 0.1) is 40.0 Å². The monoisotopic (exact) mass is 718 g/mol. The number of hydrogen-bond acceptors (Lipinski definition) is 9. The molecule has 11 heteroatoms. The lowest BCUT2D eigenvalue weighted by atomic mass is 9.95. The van der Waals surface area contributed by atoms with Gasteiger partial charge in [0.2, 0.25) is 17.1 Å². The molecule has 2 N–H and O–H groups in total. The van der Waals surface area contributed by atoms with Crippen molar-refractivity contribution >= 4 is 34.1 Å². The van der Waals surface area contributed by atoms with E-state index in [2.05, 4.69) is 41.3 Å². The van der Waals surface area contributed by atoms with E-state index in [-0.39, 0.29) is 23.1 Å². The minimum atomic E-state index is -0.332. The summed E-state index contributed by atoms with van der Waals surface area (Å²) in [5.41, 5.74) is 5.08. The number of methoxy groups -OCH3 is 4. The summed E-state index contributed by atoms with van der Waals surface area (Å²) in [5, 5.41) is 8.43. The molecule has 0 bridgehead atoms. The van der Waals surface area contributed by atoms with Crippen molar-refractivity contribution in [2.75, 3.05) is 53.4 Å². The number of nitrogens with one attached hydrogen (secondary N) is 2. The van der Waals surface area contributed by atoms with E-state index in [1.807, 2.05) is 42.6 Å². The van der Waals surface area contributed by atoms with E-state index in [1.165, 1.54) is 33.1 Å². The standard InChI is InChI=1S/C22H25NO6.C18H26ClN3/c1-12(24)23-16-8-6-13-10-19(27-3)21(28-4)22(29-5)20(13)14-7-9-18(26-2)17(25)11-15(14)16;1-4-22(5-2)12-6-7-14(3)21-17-10-11-20-18-13-15(19)8-9-16(17)18/h7,9-11,16H,6,8H2,1-5H3,(H,23,24);8-11,13-14H,4-7,12H2,1-3H3,(H,20,21)/t16-;/m0./s1.